The van der Waals surface area contributed by atoms with Crippen LogP contribution in [0.15, 0.2) is 53.4 Å². The fourth-order valence-electron chi connectivity index (χ4n) is 1.75. The van der Waals surface area contributed by atoms with E-state index in [-0.39, 0.29) is 0 Å². The Hall–Kier alpha value is -1.89. The summed E-state index contributed by atoms with van der Waals surface area (Å²) >= 11 is 1.79. The third kappa shape index (κ3) is 4.06. The van der Waals surface area contributed by atoms with Crippen LogP contribution in [-0.4, -0.2) is 13.7 Å². The van der Waals surface area contributed by atoms with Crippen LogP contribution in [0.1, 0.15) is 11.1 Å². The lowest BCUT2D eigenvalue weighted by atomic mass is 10.1. The molecule has 0 fully saturated rings. The smallest absolute Gasteiger partial charge is 0.118 e. The molecule has 0 unspecified atom stereocenters. The van der Waals surface area contributed by atoms with Crippen molar-refractivity contribution in [3.63, 3.8) is 0 Å². The molecule has 2 N–H and O–H groups in total. The summed E-state index contributed by atoms with van der Waals surface area (Å²) in [6, 6.07) is 16.3. The molecule has 0 amide bonds. The Bertz CT molecular complexity index is 611. The van der Waals surface area contributed by atoms with Crippen molar-refractivity contribution < 1.29 is 4.74 Å². The Kier molecular flexibility index (Phi) is 5.55. The Morgan fingerprint density at radius 3 is 2.55 bits per heavy atom. The van der Waals surface area contributed by atoms with Crippen molar-refractivity contribution in [2.24, 2.45) is 5.73 Å². The first-order chi connectivity index (χ1) is 9.83. The topological polar surface area (TPSA) is 35.2 Å². The van der Waals surface area contributed by atoms with E-state index in [1.807, 2.05) is 30.3 Å². The minimum Gasteiger partial charge on any atom is -0.497 e. The van der Waals surface area contributed by atoms with Gasteiger partial charge in [-0.15, -0.1) is 11.8 Å². The van der Waals surface area contributed by atoms with Crippen LogP contribution in [0.25, 0.3) is 0 Å². The summed E-state index contributed by atoms with van der Waals surface area (Å²) in [7, 11) is 1.68. The Morgan fingerprint density at radius 1 is 1.10 bits per heavy atom. The molecule has 0 heterocycles. The molecule has 0 saturated heterocycles. The van der Waals surface area contributed by atoms with Gasteiger partial charge in [0.05, 0.1) is 13.7 Å². The first-order valence-corrected chi connectivity index (χ1v) is 7.35. The van der Waals surface area contributed by atoms with E-state index >= 15 is 0 Å². The summed E-state index contributed by atoms with van der Waals surface area (Å²) in [5, 5.41) is 0. The van der Waals surface area contributed by atoms with Gasteiger partial charge in [-0.25, -0.2) is 0 Å². The molecule has 20 heavy (non-hydrogen) atoms. The molecule has 2 aromatic rings. The molecule has 0 radical (unpaired) electrons. The normalized spacial score (nSPS) is 9.70. The molecule has 0 aliphatic carbocycles. The number of rotatable bonds is 4. The average Bonchev–Trinajstić information content (AvgIpc) is 2.52. The summed E-state index contributed by atoms with van der Waals surface area (Å²) in [6.45, 7) is 0.389. The predicted octanol–water partition coefficient (Wildman–Crippen LogP) is 3.30. The molecular formula is C17H17NOS. The summed E-state index contributed by atoms with van der Waals surface area (Å²) in [6.07, 6.45) is 0. The maximum Gasteiger partial charge on any atom is 0.118 e. The number of methoxy groups -OCH3 is 1. The third-order valence-electron chi connectivity index (χ3n) is 2.80. The molecule has 2 rings (SSSR count). The first-order valence-electron chi connectivity index (χ1n) is 6.37. The lowest BCUT2D eigenvalue weighted by Gasteiger charge is -2.05. The molecule has 0 spiro atoms. The second-order valence-corrected chi connectivity index (χ2v) is 5.18. The van der Waals surface area contributed by atoms with Gasteiger partial charge in [0.2, 0.25) is 0 Å². The Balaban J connectivity index is 2.06. The van der Waals surface area contributed by atoms with E-state index in [1.165, 1.54) is 10.5 Å². The van der Waals surface area contributed by atoms with Crippen LogP contribution in [0.3, 0.4) is 0 Å². The molecule has 2 nitrogen and oxygen atoms in total. The molecule has 2 aromatic carbocycles. The number of benzene rings is 2. The highest BCUT2D eigenvalue weighted by Crippen LogP contribution is 2.25. The van der Waals surface area contributed by atoms with Gasteiger partial charge < -0.3 is 10.5 Å². The van der Waals surface area contributed by atoms with E-state index in [1.54, 1.807) is 18.9 Å². The van der Waals surface area contributed by atoms with Crippen LogP contribution in [0.5, 0.6) is 5.75 Å². The SMILES string of the molecule is COc1ccc(SCc2ccccc2C#CCN)cc1. The van der Waals surface area contributed by atoms with Gasteiger partial charge in [-0.3, -0.25) is 0 Å². The highest BCUT2D eigenvalue weighted by atomic mass is 32.2. The van der Waals surface area contributed by atoms with Gasteiger partial charge in [-0.05, 0) is 35.9 Å². The van der Waals surface area contributed by atoms with Crippen molar-refractivity contribution in [2.75, 3.05) is 13.7 Å². The fraction of sp³-hybridized carbons (Fsp3) is 0.176. The summed E-state index contributed by atoms with van der Waals surface area (Å²) < 4.78 is 5.16. The lowest BCUT2D eigenvalue weighted by molar-refractivity contribution is 0.414. The van der Waals surface area contributed by atoms with Crippen LogP contribution < -0.4 is 10.5 Å². The number of ether oxygens (including phenoxy) is 1. The Morgan fingerprint density at radius 2 is 1.85 bits per heavy atom. The molecule has 0 saturated carbocycles. The zero-order valence-corrected chi connectivity index (χ0v) is 12.2. The highest BCUT2D eigenvalue weighted by molar-refractivity contribution is 7.98. The van der Waals surface area contributed by atoms with Gasteiger partial charge in [-0.2, -0.15) is 0 Å². The molecule has 0 bridgehead atoms. The molecular weight excluding hydrogens is 266 g/mol. The van der Waals surface area contributed by atoms with Gasteiger partial charge in [0.25, 0.3) is 0 Å². The molecule has 3 heteroatoms. The number of hydrogen-bond donors (Lipinski definition) is 1. The fourth-order valence-corrected chi connectivity index (χ4v) is 2.65. The van der Waals surface area contributed by atoms with E-state index < -0.39 is 0 Å². The van der Waals surface area contributed by atoms with Gasteiger partial charge >= 0.3 is 0 Å². The van der Waals surface area contributed by atoms with E-state index in [9.17, 15) is 0 Å². The van der Waals surface area contributed by atoms with Crippen LogP contribution in [0.2, 0.25) is 0 Å². The summed E-state index contributed by atoms with van der Waals surface area (Å²) in [4.78, 5) is 1.22. The van der Waals surface area contributed by atoms with Gasteiger partial charge in [0.1, 0.15) is 5.75 Å². The molecule has 102 valence electrons. The number of thioether (sulfide) groups is 1. The van der Waals surface area contributed by atoms with Crippen molar-refractivity contribution in [3.8, 4) is 17.6 Å². The molecule has 0 atom stereocenters. The minimum atomic E-state index is 0.389. The van der Waals surface area contributed by atoms with Crippen molar-refractivity contribution in [1.82, 2.24) is 0 Å². The average molecular weight is 283 g/mol. The highest BCUT2D eigenvalue weighted by Gasteiger charge is 2.01. The standard InChI is InChI=1S/C17H17NOS/c1-19-16-8-10-17(11-9-16)20-13-15-6-3-2-5-14(15)7-4-12-18/h2-3,5-6,8-11H,12-13,18H2,1H3. The molecule has 0 aromatic heterocycles. The number of nitrogens with two attached hydrogens (primary N) is 1. The third-order valence-corrected chi connectivity index (χ3v) is 3.86. The second kappa shape index (κ2) is 7.64. The van der Waals surface area contributed by atoms with Crippen LogP contribution in [-0.2, 0) is 5.75 Å². The lowest BCUT2D eigenvalue weighted by Crippen LogP contribution is -1.94. The van der Waals surface area contributed by atoms with Crippen LogP contribution in [0.4, 0.5) is 0 Å². The molecule has 0 aliphatic heterocycles. The van der Waals surface area contributed by atoms with Crippen molar-refractivity contribution in [1.29, 1.82) is 0 Å². The quantitative estimate of drug-likeness (QED) is 0.691. The maximum absolute atomic E-state index is 5.43. The van der Waals surface area contributed by atoms with E-state index in [2.05, 4.69) is 30.0 Å². The number of hydrogen-bond acceptors (Lipinski definition) is 3. The van der Waals surface area contributed by atoms with Crippen molar-refractivity contribution in [3.05, 3.63) is 59.7 Å². The van der Waals surface area contributed by atoms with Crippen LogP contribution >= 0.6 is 11.8 Å². The van der Waals surface area contributed by atoms with E-state index in [0.29, 0.717) is 6.54 Å². The largest absolute Gasteiger partial charge is 0.497 e. The monoisotopic (exact) mass is 283 g/mol. The minimum absolute atomic E-state index is 0.389. The van der Waals surface area contributed by atoms with Crippen molar-refractivity contribution >= 4 is 11.8 Å². The van der Waals surface area contributed by atoms with E-state index in [4.69, 9.17) is 10.5 Å². The Labute approximate surface area is 124 Å². The summed E-state index contributed by atoms with van der Waals surface area (Å²) in [5.41, 5.74) is 7.71. The zero-order chi connectivity index (χ0) is 14.2. The van der Waals surface area contributed by atoms with E-state index in [0.717, 1.165) is 17.1 Å². The van der Waals surface area contributed by atoms with Crippen molar-refractivity contribution in [2.45, 2.75) is 10.6 Å². The molecule has 0 aliphatic rings. The second-order valence-electron chi connectivity index (χ2n) is 4.13. The van der Waals surface area contributed by atoms with Gasteiger partial charge in [0, 0.05) is 16.2 Å². The predicted molar refractivity (Wildman–Crippen MR) is 84.9 cm³/mol. The maximum atomic E-state index is 5.43. The van der Waals surface area contributed by atoms with Gasteiger partial charge in [0.15, 0.2) is 0 Å². The summed E-state index contributed by atoms with van der Waals surface area (Å²) in [5.74, 6) is 7.80. The van der Waals surface area contributed by atoms with Crippen LogP contribution in [0, 0.1) is 11.8 Å². The first kappa shape index (κ1) is 14.5. The van der Waals surface area contributed by atoms with Gasteiger partial charge in [-0.1, -0.05) is 30.0 Å². The zero-order valence-electron chi connectivity index (χ0n) is 11.4.